The lowest BCUT2D eigenvalue weighted by Gasteiger charge is -2.21. The molecule has 0 bridgehead atoms. The molecule has 0 amide bonds. The van der Waals surface area contributed by atoms with E-state index >= 15 is 0 Å². The van der Waals surface area contributed by atoms with E-state index in [2.05, 4.69) is 0 Å². The van der Waals surface area contributed by atoms with Gasteiger partial charge < -0.3 is 0 Å². The molecule has 5 nitrogen and oxygen atoms in total. The van der Waals surface area contributed by atoms with Crippen molar-refractivity contribution in [3.63, 3.8) is 0 Å². The highest BCUT2D eigenvalue weighted by atomic mass is 32.3. The summed E-state index contributed by atoms with van der Waals surface area (Å²) >= 11 is 0. The summed E-state index contributed by atoms with van der Waals surface area (Å²) < 4.78 is 119. The molecular formula is C6H9F6NO4S2. The summed E-state index contributed by atoms with van der Waals surface area (Å²) in [5.74, 6) is -4.16. The van der Waals surface area contributed by atoms with E-state index in [9.17, 15) is 43.2 Å². The van der Waals surface area contributed by atoms with Gasteiger partial charge in [0.05, 0.1) is 6.42 Å². The molecule has 0 saturated heterocycles. The molecule has 0 spiro atoms. The predicted octanol–water partition coefficient (Wildman–Crippen LogP) is 1.49. The molecule has 0 aliphatic rings. The van der Waals surface area contributed by atoms with Crippen molar-refractivity contribution in [1.82, 2.24) is 4.13 Å². The standard InChI is InChI=1S/C6H9F6NO4S2/c1-4(7,8)3-6(11,12)19(16,17)13-18(14,15)5(2,9)10/h13H,3H2,1-2H3. The summed E-state index contributed by atoms with van der Waals surface area (Å²) in [4.78, 5) is 0. The Balaban J connectivity index is 5.45. The molecule has 0 atom stereocenters. The summed E-state index contributed by atoms with van der Waals surface area (Å²) in [6, 6.07) is 0. The van der Waals surface area contributed by atoms with Crippen molar-refractivity contribution in [2.75, 3.05) is 0 Å². The quantitative estimate of drug-likeness (QED) is 0.745. The van der Waals surface area contributed by atoms with Gasteiger partial charge in [-0.1, -0.05) is 4.13 Å². The van der Waals surface area contributed by atoms with Crippen molar-refractivity contribution in [3.8, 4) is 0 Å². The van der Waals surface area contributed by atoms with Gasteiger partial charge in [-0.05, 0) is 6.92 Å². The van der Waals surface area contributed by atoms with E-state index < -0.39 is 42.9 Å². The van der Waals surface area contributed by atoms with Crippen LogP contribution in [0, 0.1) is 0 Å². The zero-order valence-electron chi connectivity index (χ0n) is 9.42. The van der Waals surface area contributed by atoms with Crippen molar-refractivity contribution >= 4 is 20.0 Å². The Kier molecular flexibility index (Phi) is 4.63. The average Bonchev–Trinajstić information content (AvgIpc) is 1.92. The summed E-state index contributed by atoms with van der Waals surface area (Å²) in [6.45, 7) is -0.309. The Labute approximate surface area is 105 Å². The van der Waals surface area contributed by atoms with Crippen LogP contribution in [0.15, 0.2) is 0 Å². The Bertz CT molecular complexity index is 529. The van der Waals surface area contributed by atoms with E-state index in [0.717, 1.165) is 0 Å². The van der Waals surface area contributed by atoms with Gasteiger partial charge in [0, 0.05) is 6.92 Å². The third-order valence-electron chi connectivity index (χ3n) is 1.60. The molecule has 0 heterocycles. The Morgan fingerprint density at radius 3 is 1.47 bits per heavy atom. The monoisotopic (exact) mass is 337 g/mol. The second-order valence-electron chi connectivity index (χ2n) is 3.78. The van der Waals surface area contributed by atoms with Crippen molar-refractivity contribution in [2.45, 2.75) is 36.7 Å². The fourth-order valence-electron chi connectivity index (χ4n) is 0.735. The van der Waals surface area contributed by atoms with E-state index in [0.29, 0.717) is 0 Å². The molecule has 0 aliphatic heterocycles. The van der Waals surface area contributed by atoms with Gasteiger partial charge in [0.15, 0.2) is 0 Å². The maximum atomic E-state index is 13.0. The van der Waals surface area contributed by atoms with Crippen molar-refractivity contribution in [3.05, 3.63) is 0 Å². The number of hydrogen-bond acceptors (Lipinski definition) is 4. The number of rotatable bonds is 6. The Morgan fingerprint density at radius 2 is 1.21 bits per heavy atom. The minimum absolute atomic E-state index is 0.0423. The van der Waals surface area contributed by atoms with Crippen LogP contribution < -0.4 is 4.13 Å². The van der Waals surface area contributed by atoms with Crippen molar-refractivity contribution in [1.29, 1.82) is 0 Å². The first-order valence-electron chi connectivity index (χ1n) is 4.32. The smallest absolute Gasteiger partial charge is 0.207 e. The van der Waals surface area contributed by atoms with Crippen LogP contribution in [0.5, 0.6) is 0 Å². The first-order valence-corrected chi connectivity index (χ1v) is 7.29. The van der Waals surface area contributed by atoms with Gasteiger partial charge >= 0.3 is 10.5 Å². The summed E-state index contributed by atoms with van der Waals surface area (Å²) in [5.41, 5.74) is 0. The van der Waals surface area contributed by atoms with Gasteiger partial charge in [-0.3, -0.25) is 0 Å². The number of sulfonamides is 2. The number of hydrogen-bond donors (Lipinski definition) is 1. The van der Waals surface area contributed by atoms with Gasteiger partial charge in [0.1, 0.15) is 0 Å². The SMILES string of the molecule is CC(F)(F)CC(F)(F)S(=O)(=O)NS(=O)(=O)C(C)(F)F. The molecule has 0 aromatic carbocycles. The zero-order valence-corrected chi connectivity index (χ0v) is 11.1. The molecule has 0 radical (unpaired) electrons. The van der Waals surface area contributed by atoms with E-state index in [1.165, 1.54) is 0 Å². The topological polar surface area (TPSA) is 80.3 Å². The number of halogens is 6. The average molecular weight is 337 g/mol. The highest BCUT2D eigenvalue weighted by Crippen LogP contribution is 2.34. The molecule has 0 fully saturated rings. The Hall–Kier alpha value is -0.560. The van der Waals surface area contributed by atoms with E-state index in [4.69, 9.17) is 0 Å². The van der Waals surface area contributed by atoms with Crippen molar-refractivity contribution < 1.29 is 43.2 Å². The lowest BCUT2D eigenvalue weighted by atomic mass is 10.3. The van der Waals surface area contributed by atoms with Gasteiger partial charge in [0.2, 0.25) is 0 Å². The molecule has 19 heavy (non-hydrogen) atoms. The normalized spacial score (nSPS) is 15.6. The van der Waals surface area contributed by atoms with Gasteiger partial charge in [0.25, 0.3) is 26.0 Å². The minimum Gasteiger partial charge on any atom is -0.207 e. The van der Waals surface area contributed by atoms with Gasteiger partial charge in [-0.25, -0.2) is 25.6 Å². The molecule has 0 aromatic heterocycles. The molecule has 1 N–H and O–H groups in total. The molecule has 0 aliphatic carbocycles. The van der Waals surface area contributed by atoms with Crippen LogP contribution >= 0.6 is 0 Å². The second-order valence-corrected chi connectivity index (χ2v) is 7.78. The van der Waals surface area contributed by atoms with Crippen LogP contribution in [0.2, 0.25) is 0 Å². The fraction of sp³-hybridized carbons (Fsp3) is 1.00. The molecule has 0 aromatic rings. The zero-order chi connectivity index (χ0) is 15.9. The molecule has 13 heteroatoms. The molecule has 0 unspecified atom stereocenters. The first kappa shape index (κ1) is 18.4. The number of nitrogens with one attached hydrogen (secondary N) is 1. The summed E-state index contributed by atoms with van der Waals surface area (Å²) in [5, 5.41) is -9.94. The second kappa shape index (κ2) is 4.77. The fourth-order valence-corrected chi connectivity index (χ4v) is 3.41. The van der Waals surface area contributed by atoms with Crippen LogP contribution in [0.25, 0.3) is 0 Å². The molecule has 116 valence electrons. The molecular weight excluding hydrogens is 328 g/mol. The van der Waals surface area contributed by atoms with Gasteiger partial charge in [-0.2, -0.15) is 17.6 Å². The highest BCUT2D eigenvalue weighted by Gasteiger charge is 2.55. The Morgan fingerprint density at radius 1 is 0.842 bits per heavy atom. The maximum Gasteiger partial charge on any atom is 0.365 e. The largest absolute Gasteiger partial charge is 0.365 e. The van der Waals surface area contributed by atoms with E-state index in [-0.39, 0.29) is 18.0 Å². The van der Waals surface area contributed by atoms with Crippen LogP contribution in [0.1, 0.15) is 20.3 Å². The third kappa shape index (κ3) is 4.80. The van der Waals surface area contributed by atoms with Crippen molar-refractivity contribution in [2.24, 2.45) is 0 Å². The van der Waals surface area contributed by atoms with E-state index in [1.807, 2.05) is 0 Å². The highest BCUT2D eigenvalue weighted by molar-refractivity contribution is 8.05. The minimum atomic E-state index is -6.27. The lowest BCUT2D eigenvalue weighted by molar-refractivity contribution is -0.0575. The maximum absolute atomic E-state index is 13.0. The lowest BCUT2D eigenvalue weighted by Crippen LogP contribution is -2.49. The van der Waals surface area contributed by atoms with Gasteiger partial charge in [-0.15, -0.1) is 0 Å². The predicted molar refractivity (Wildman–Crippen MR) is 51.8 cm³/mol. The number of alkyl halides is 6. The van der Waals surface area contributed by atoms with Crippen LogP contribution in [0.3, 0.4) is 0 Å². The summed E-state index contributed by atoms with van der Waals surface area (Å²) in [6.07, 6.45) is -2.56. The third-order valence-corrected chi connectivity index (χ3v) is 5.23. The molecule has 0 saturated carbocycles. The first-order chi connectivity index (χ1) is 7.91. The van der Waals surface area contributed by atoms with Crippen LogP contribution in [0.4, 0.5) is 26.3 Å². The molecule has 0 rings (SSSR count). The van der Waals surface area contributed by atoms with Crippen LogP contribution in [-0.2, 0) is 20.0 Å². The van der Waals surface area contributed by atoms with E-state index in [1.54, 1.807) is 0 Å². The summed E-state index contributed by atoms with van der Waals surface area (Å²) in [7, 11) is -12.3. The van der Waals surface area contributed by atoms with Crippen LogP contribution in [-0.4, -0.2) is 33.3 Å².